The van der Waals surface area contributed by atoms with Crippen molar-refractivity contribution in [1.82, 2.24) is 10.2 Å². The zero-order valence-corrected chi connectivity index (χ0v) is 20.2. The lowest BCUT2D eigenvalue weighted by molar-refractivity contribution is -0.140. The number of hydrogen-bond acceptors (Lipinski definition) is 3. The fraction of sp³-hybridized carbons (Fsp3) is 0.310. The quantitative estimate of drug-likeness (QED) is 0.368. The standard InChI is InChI=1S/C29H33FN2O3/c1-2-35-19-9-18-31-29(34)27(20-23-10-5-3-6-11-23)32(22-25-14-16-26(30)17-15-25)28(33)21-24-12-7-4-8-13-24/h3-8,10-17,27H,2,9,18-22H2,1H3,(H,31,34)/t27-/m1/s1. The van der Waals surface area contributed by atoms with Crippen molar-refractivity contribution in [3.63, 3.8) is 0 Å². The van der Waals surface area contributed by atoms with Gasteiger partial charge in [-0.05, 0) is 42.2 Å². The molecule has 0 saturated heterocycles. The van der Waals surface area contributed by atoms with Crippen molar-refractivity contribution in [2.24, 2.45) is 0 Å². The average molecular weight is 477 g/mol. The number of ether oxygens (including phenoxy) is 1. The van der Waals surface area contributed by atoms with Crippen molar-refractivity contribution in [3.8, 4) is 0 Å². The van der Waals surface area contributed by atoms with Crippen LogP contribution in [0, 0.1) is 5.82 Å². The Kier molecular flexibility index (Phi) is 10.5. The van der Waals surface area contributed by atoms with Gasteiger partial charge in [0.25, 0.3) is 0 Å². The summed E-state index contributed by atoms with van der Waals surface area (Å²) in [4.78, 5) is 28.6. The van der Waals surface area contributed by atoms with Crippen LogP contribution in [0.5, 0.6) is 0 Å². The summed E-state index contributed by atoms with van der Waals surface area (Å²) in [6.07, 6.45) is 1.23. The second-order valence-corrected chi connectivity index (χ2v) is 8.36. The zero-order chi connectivity index (χ0) is 24.9. The van der Waals surface area contributed by atoms with Crippen molar-refractivity contribution < 1.29 is 18.7 Å². The maximum Gasteiger partial charge on any atom is 0.243 e. The minimum absolute atomic E-state index is 0.161. The molecule has 0 aliphatic heterocycles. The minimum atomic E-state index is -0.717. The van der Waals surface area contributed by atoms with Crippen molar-refractivity contribution in [1.29, 1.82) is 0 Å². The first-order chi connectivity index (χ1) is 17.1. The Balaban J connectivity index is 1.86. The topological polar surface area (TPSA) is 58.6 Å². The lowest BCUT2D eigenvalue weighted by Crippen LogP contribution is -2.51. The van der Waals surface area contributed by atoms with Gasteiger partial charge < -0.3 is 15.0 Å². The van der Waals surface area contributed by atoms with Crippen LogP contribution in [-0.4, -0.2) is 42.5 Å². The summed E-state index contributed by atoms with van der Waals surface area (Å²) in [6, 6.07) is 24.5. The molecule has 184 valence electrons. The van der Waals surface area contributed by atoms with Crippen LogP contribution in [-0.2, 0) is 33.7 Å². The smallest absolute Gasteiger partial charge is 0.243 e. The molecule has 0 aliphatic rings. The lowest BCUT2D eigenvalue weighted by atomic mass is 10.0. The fourth-order valence-electron chi connectivity index (χ4n) is 3.86. The number of nitrogens with one attached hydrogen (secondary N) is 1. The van der Waals surface area contributed by atoms with E-state index in [1.165, 1.54) is 12.1 Å². The molecular weight excluding hydrogens is 443 g/mol. The third kappa shape index (κ3) is 8.65. The maximum absolute atomic E-state index is 13.6. The monoisotopic (exact) mass is 476 g/mol. The highest BCUT2D eigenvalue weighted by Gasteiger charge is 2.30. The Hall–Kier alpha value is -3.51. The second kappa shape index (κ2) is 14.0. The van der Waals surface area contributed by atoms with Gasteiger partial charge in [-0.15, -0.1) is 0 Å². The fourth-order valence-corrected chi connectivity index (χ4v) is 3.86. The Bertz CT molecular complexity index is 1040. The lowest BCUT2D eigenvalue weighted by Gasteiger charge is -2.31. The molecule has 5 nitrogen and oxygen atoms in total. The van der Waals surface area contributed by atoms with E-state index in [0.29, 0.717) is 32.6 Å². The minimum Gasteiger partial charge on any atom is -0.382 e. The molecule has 0 aliphatic carbocycles. The summed E-state index contributed by atoms with van der Waals surface area (Å²) in [6.45, 7) is 3.79. The van der Waals surface area contributed by atoms with Crippen molar-refractivity contribution >= 4 is 11.8 Å². The molecule has 0 bridgehead atoms. The molecule has 6 heteroatoms. The van der Waals surface area contributed by atoms with E-state index in [9.17, 15) is 14.0 Å². The number of nitrogens with zero attached hydrogens (tertiary/aromatic N) is 1. The normalized spacial score (nSPS) is 11.6. The molecule has 0 heterocycles. The molecule has 1 atom stereocenters. The third-order valence-corrected chi connectivity index (χ3v) is 5.70. The summed E-state index contributed by atoms with van der Waals surface area (Å²) in [5, 5.41) is 2.98. The summed E-state index contributed by atoms with van der Waals surface area (Å²) in [7, 11) is 0. The van der Waals surface area contributed by atoms with Gasteiger partial charge in [-0.2, -0.15) is 0 Å². The van der Waals surface area contributed by atoms with Gasteiger partial charge in [-0.25, -0.2) is 4.39 Å². The van der Waals surface area contributed by atoms with Crippen LogP contribution < -0.4 is 5.32 Å². The van der Waals surface area contributed by atoms with E-state index in [1.54, 1.807) is 17.0 Å². The molecule has 2 amide bonds. The van der Waals surface area contributed by atoms with Gasteiger partial charge in [-0.3, -0.25) is 9.59 Å². The summed E-state index contributed by atoms with van der Waals surface area (Å²) < 4.78 is 18.9. The number of carbonyl (C=O) groups excluding carboxylic acids is 2. The highest BCUT2D eigenvalue weighted by atomic mass is 19.1. The molecule has 0 unspecified atom stereocenters. The van der Waals surface area contributed by atoms with Gasteiger partial charge in [0.1, 0.15) is 11.9 Å². The molecule has 3 rings (SSSR count). The highest BCUT2D eigenvalue weighted by molar-refractivity contribution is 5.88. The zero-order valence-electron chi connectivity index (χ0n) is 20.2. The summed E-state index contributed by atoms with van der Waals surface area (Å²) in [5.41, 5.74) is 2.59. The Morgan fingerprint density at radius 3 is 2.14 bits per heavy atom. The Labute approximate surface area is 206 Å². The van der Waals surface area contributed by atoms with E-state index >= 15 is 0 Å². The van der Waals surface area contributed by atoms with Gasteiger partial charge >= 0.3 is 0 Å². The number of amides is 2. The van der Waals surface area contributed by atoms with E-state index in [0.717, 1.165) is 16.7 Å². The van der Waals surface area contributed by atoms with Crippen molar-refractivity contribution in [2.45, 2.75) is 38.8 Å². The molecular formula is C29H33FN2O3. The average Bonchev–Trinajstić information content (AvgIpc) is 2.88. The number of hydrogen-bond donors (Lipinski definition) is 1. The van der Waals surface area contributed by atoms with Crippen molar-refractivity contribution in [3.05, 3.63) is 107 Å². The van der Waals surface area contributed by atoms with Crippen LogP contribution in [0.2, 0.25) is 0 Å². The molecule has 0 radical (unpaired) electrons. The molecule has 0 fully saturated rings. The third-order valence-electron chi connectivity index (χ3n) is 5.70. The van der Waals surface area contributed by atoms with Crippen LogP contribution in [0.4, 0.5) is 4.39 Å². The van der Waals surface area contributed by atoms with Gasteiger partial charge in [0.2, 0.25) is 11.8 Å². The number of carbonyl (C=O) groups is 2. The molecule has 1 N–H and O–H groups in total. The van der Waals surface area contributed by atoms with E-state index in [1.807, 2.05) is 67.6 Å². The van der Waals surface area contributed by atoms with Gasteiger partial charge in [0.15, 0.2) is 0 Å². The summed E-state index contributed by atoms with van der Waals surface area (Å²) >= 11 is 0. The second-order valence-electron chi connectivity index (χ2n) is 8.36. The highest BCUT2D eigenvalue weighted by Crippen LogP contribution is 2.17. The Morgan fingerprint density at radius 2 is 1.51 bits per heavy atom. The number of benzene rings is 3. The van der Waals surface area contributed by atoms with Crippen LogP contribution >= 0.6 is 0 Å². The van der Waals surface area contributed by atoms with E-state index < -0.39 is 6.04 Å². The van der Waals surface area contributed by atoms with Crippen LogP contribution in [0.25, 0.3) is 0 Å². The first-order valence-corrected chi connectivity index (χ1v) is 12.0. The van der Waals surface area contributed by atoms with E-state index in [4.69, 9.17) is 4.74 Å². The van der Waals surface area contributed by atoms with Crippen LogP contribution in [0.15, 0.2) is 84.9 Å². The molecule has 0 spiro atoms. The summed E-state index contributed by atoms with van der Waals surface area (Å²) in [5.74, 6) is -0.719. The van der Waals surface area contributed by atoms with Crippen LogP contribution in [0.1, 0.15) is 30.0 Å². The predicted octanol–water partition coefficient (Wildman–Crippen LogP) is 4.55. The largest absolute Gasteiger partial charge is 0.382 e. The van der Waals surface area contributed by atoms with Gasteiger partial charge in [-0.1, -0.05) is 72.8 Å². The molecule has 0 aromatic heterocycles. The van der Waals surface area contributed by atoms with E-state index in [2.05, 4.69) is 5.32 Å². The molecule has 35 heavy (non-hydrogen) atoms. The number of rotatable bonds is 13. The first kappa shape index (κ1) is 26.1. The molecule has 3 aromatic carbocycles. The van der Waals surface area contributed by atoms with Crippen LogP contribution in [0.3, 0.4) is 0 Å². The molecule has 0 saturated carbocycles. The van der Waals surface area contributed by atoms with E-state index in [-0.39, 0.29) is 30.6 Å². The maximum atomic E-state index is 13.6. The first-order valence-electron chi connectivity index (χ1n) is 12.0. The SMILES string of the molecule is CCOCCCNC(=O)[C@@H](Cc1ccccc1)N(Cc1ccc(F)cc1)C(=O)Cc1ccccc1. The predicted molar refractivity (Wildman–Crippen MR) is 135 cm³/mol. The van der Waals surface area contributed by atoms with Gasteiger partial charge in [0, 0.05) is 32.7 Å². The number of halogens is 1. The molecule has 3 aromatic rings. The Morgan fingerprint density at radius 1 is 0.886 bits per heavy atom. The van der Waals surface area contributed by atoms with Crippen molar-refractivity contribution in [2.75, 3.05) is 19.8 Å². The van der Waals surface area contributed by atoms with Gasteiger partial charge in [0.05, 0.1) is 6.42 Å².